The van der Waals surface area contributed by atoms with Gasteiger partial charge in [0.05, 0.1) is 20.3 Å². The van der Waals surface area contributed by atoms with Crippen molar-refractivity contribution in [2.24, 2.45) is 0 Å². The van der Waals surface area contributed by atoms with Gasteiger partial charge in [-0.05, 0) is 24.3 Å². The number of thiazole rings is 1. The zero-order chi connectivity index (χ0) is 15.3. The van der Waals surface area contributed by atoms with Gasteiger partial charge < -0.3 is 0 Å². The third-order valence-electron chi connectivity index (χ3n) is 3.49. The van der Waals surface area contributed by atoms with E-state index in [1.54, 1.807) is 23.5 Å². The van der Waals surface area contributed by atoms with Gasteiger partial charge in [-0.15, -0.1) is 0 Å². The lowest BCUT2D eigenvalue weighted by Gasteiger charge is -2.01. The van der Waals surface area contributed by atoms with Crippen molar-refractivity contribution in [3.8, 4) is 11.3 Å². The highest BCUT2D eigenvalue weighted by Gasteiger charge is 2.18. The molecule has 0 bridgehead atoms. The van der Waals surface area contributed by atoms with Crippen molar-refractivity contribution in [1.29, 1.82) is 0 Å². The Morgan fingerprint density at radius 2 is 1.91 bits per heavy atom. The highest BCUT2D eigenvalue weighted by Crippen LogP contribution is 2.34. The zero-order valence-corrected chi connectivity index (χ0v) is 13.4. The van der Waals surface area contributed by atoms with Crippen molar-refractivity contribution in [2.75, 3.05) is 0 Å². The van der Waals surface area contributed by atoms with Gasteiger partial charge in [-0.2, -0.15) is 0 Å². The molecular weight excluding hydrogens is 339 g/mol. The normalized spacial score (nSPS) is 11.4. The average Bonchev–Trinajstić information content (AvgIpc) is 3.05. The predicted octanol–water partition coefficient (Wildman–Crippen LogP) is 5.34. The second-order valence-electron chi connectivity index (χ2n) is 4.78. The molecule has 0 unspecified atom stereocenters. The van der Waals surface area contributed by atoms with Crippen molar-refractivity contribution in [2.45, 2.75) is 0 Å². The number of carbonyl (C=O) groups is 1. The molecule has 6 heteroatoms. The Labute approximate surface area is 139 Å². The van der Waals surface area contributed by atoms with E-state index >= 15 is 0 Å². The number of halogens is 2. The second kappa shape index (κ2) is 5.09. The van der Waals surface area contributed by atoms with E-state index < -0.39 is 0 Å². The maximum absolute atomic E-state index is 11.7. The van der Waals surface area contributed by atoms with Gasteiger partial charge in [-0.1, -0.05) is 52.7 Å². The molecule has 4 rings (SSSR count). The van der Waals surface area contributed by atoms with Crippen LogP contribution in [0.15, 0.2) is 42.5 Å². The Morgan fingerprint density at radius 1 is 1.09 bits per heavy atom. The molecule has 3 nitrogen and oxygen atoms in total. The first-order valence-electron chi connectivity index (χ1n) is 6.49. The van der Waals surface area contributed by atoms with Crippen molar-refractivity contribution in [3.63, 3.8) is 0 Å². The molecule has 4 aromatic rings. The Hall–Kier alpha value is -1.88. The standard InChI is InChI=1S/C16H8Cl2N2OS/c17-10-6-5-9(7-11(10)18)15-13(8-21)20-12-3-1-2-4-14(12)22-16(20)19-15/h1-8H. The summed E-state index contributed by atoms with van der Waals surface area (Å²) < 4.78 is 2.97. The Kier molecular flexibility index (Phi) is 3.18. The molecule has 0 aliphatic carbocycles. The molecule has 2 aromatic heterocycles. The summed E-state index contributed by atoms with van der Waals surface area (Å²) in [6.45, 7) is 0. The van der Waals surface area contributed by atoms with Crippen LogP contribution in [0.3, 0.4) is 0 Å². The van der Waals surface area contributed by atoms with Crippen molar-refractivity contribution < 1.29 is 4.79 Å². The lowest BCUT2D eigenvalue weighted by molar-refractivity contribution is 0.111. The van der Waals surface area contributed by atoms with E-state index in [4.69, 9.17) is 23.2 Å². The fourth-order valence-corrected chi connectivity index (χ4v) is 3.83. The topological polar surface area (TPSA) is 34.4 Å². The van der Waals surface area contributed by atoms with Crippen molar-refractivity contribution in [1.82, 2.24) is 9.38 Å². The van der Waals surface area contributed by atoms with E-state index in [0.29, 0.717) is 21.4 Å². The third-order valence-corrected chi connectivity index (χ3v) is 5.25. The molecule has 0 saturated heterocycles. The van der Waals surface area contributed by atoms with Crippen LogP contribution < -0.4 is 0 Å². The van der Waals surface area contributed by atoms with Crippen molar-refractivity contribution in [3.05, 3.63) is 58.2 Å². The fourth-order valence-electron chi connectivity index (χ4n) is 2.50. The van der Waals surface area contributed by atoms with Gasteiger partial charge in [0.25, 0.3) is 0 Å². The Morgan fingerprint density at radius 3 is 2.68 bits per heavy atom. The van der Waals surface area contributed by atoms with E-state index in [-0.39, 0.29) is 0 Å². The largest absolute Gasteiger partial charge is 0.296 e. The van der Waals surface area contributed by atoms with E-state index in [1.807, 2.05) is 34.7 Å². The maximum atomic E-state index is 11.7. The molecular formula is C16H8Cl2N2OS. The highest BCUT2D eigenvalue weighted by molar-refractivity contribution is 7.23. The van der Waals surface area contributed by atoms with E-state index in [1.165, 1.54) is 0 Å². The Bertz CT molecular complexity index is 1040. The SMILES string of the molecule is O=Cc1c(-c2ccc(Cl)c(Cl)c2)nc2sc3ccccc3n12. The van der Waals surface area contributed by atoms with Crippen LogP contribution in [0.2, 0.25) is 10.0 Å². The number of carbonyl (C=O) groups excluding carboxylic acids is 1. The van der Waals surface area contributed by atoms with Crippen LogP contribution >= 0.6 is 34.5 Å². The van der Waals surface area contributed by atoms with Gasteiger partial charge in [0.15, 0.2) is 11.2 Å². The Balaban J connectivity index is 2.06. The smallest absolute Gasteiger partial charge is 0.195 e. The van der Waals surface area contributed by atoms with Gasteiger partial charge in [0.2, 0.25) is 0 Å². The van der Waals surface area contributed by atoms with Gasteiger partial charge in [0, 0.05) is 5.56 Å². The lowest BCUT2D eigenvalue weighted by Crippen LogP contribution is -1.91. The molecule has 0 atom stereocenters. The molecule has 0 amide bonds. The fraction of sp³-hybridized carbons (Fsp3) is 0. The molecule has 0 N–H and O–H groups in total. The summed E-state index contributed by atoms with van der Waals surface area (Å²) >= 11 is 13.6. The van der Waals surface area contributed by atoms with E-state index in [9.17, 15) is 4.79 Å². The summed E-state index contributed by atoms with van der Waals surface area (Å²) in [5.41, 5.74) is 2.89. The number of aldehydes is 1. The highest BCUT2D eigenvalue weighted by atomic mass is 35.5. The van der Waals surface area contributed by atoms with Crippen LogP contribution in [-0.2, 0) is 0 Å². The van der Waals surface area contributed by atoms with Crippen LogP contribution in [0.4, 0.5) is 0 Å². The van der Waals surface area contributed by atoms with Gasteiger partial charge in [0.1, 0.15) is 11.4 Å². The third kappa shape index (κ3) is 1.96. The quantitative estimate of drug-likeness (QED) is 0.459. The number of fused-ring (bicyclic) bond motifs is 3. The lowest BCUT2D eigenvalue weighted by atomic mass is 10.1. The molecule has 0 aliphatic rings. The molecule has 0 spiro atoms. The zero-order valence-electron chi connectivity index (χ0n) is 11.1. The first kappa shape index (κ1) is 13.8. The summed E-state index contributed by atoms with van der Waals surface area (Å²) in [6.07, 6.45) is 0.830. The molecule has 0 radical (unpaired) electrons. The monoisotopic (exact) mass is 346 g/mol. The molecule has 0 fully saturated rings. The molecule has 22 heavy (non-hydrogen) atoms. The molecule has 2 aromatic carbocycles. The number of para-hydroxylation sites is 1. The van der Waals surface area contributed by atoms with Gasteiger partial charge in [-0.25, -0.2) is 4.98 Å². The molecule has 0 saturated carbocycles. The van der Waals surface area contributed by atoms with Crippen LogP contribution in [0.5, 0.6) is 0 Å². The minimum atomic E-state index is 0.442. The molecule has 2 heterocycles. The number of aromatic nitrogens is 2. The van der Waals surface area contributed by atoms with Crippen LogP contribution in [0.25, 0.3) is 26.4 Å². The molecule has 0 aliphatic heterocycles. The number of rotatable bonds is 2. The molecule has 108 valence electrons. The summed E-state index contributed by atoms with van der Waals surface area (Å²) in [5.74, 6) is 0. The number of nitrogens with zero attached hydrogens (tertiary/aromatic N) is 2. The summed E-state index contributed by atoms with van der Waals surface area (Å²) in [5, 5.41) is 0.918. The summed E-state index contributed by atoms with van der Waals surface area (Å²) in [7, 11) is 0. The van der Waals surface area contributed by atoms with Crippen LogP contribution in [0.1, 0.15) is 10.5 Å². The van der Waals surface area contributed by atoms with Gasteiger partial charge in [-0.3, -0.25) is 9.20 Å². The van der Waals surface area contributed by atoms with Crippen molar-refractivity contribution >= 4 is 56.0 Å². The second-order valence-corrected chi connectivity index (χ2v) is 6.60. The van der Waals surface area contributed by atoms with Crippen LogP contribution in [0, 0.1) is 0 Å². The number of benzene rings is 2. The number of hydrogen-bond donors (Lipinski definition) is 0. The maximum Gasteiger partial charge on any atom is 0.195 e. The van der Waals surface area contributed by atoms with Gasteiger partial charge >= 0.3 is 0 Å². The summed E-state index contributed by atoms with van der Waals surface area (Å²) in [4.78, 5) is 17.0. The first-order valence-corrected chi connectivity index (χ1v) is 8.07. The van der Waals surface area contributed by atoms with E-state index in [0.717, 1.165) is 27.0 Å². The minimum Gasteiger partial charge on any atom is -0.296 e. The minimum absolute atomic E-state index is 0.442. The predicted molar refractivity (Wildman–Crippen MR) is 91.4 cm³/mol. The van der Waals surface area contributed by atoms with Crippen LogP contribution in [-0.4, -0.2) is 15.7 Å². The number of imidazole rings is 1. The average molecular weight is 347 g/mol. The van der Waals surface area contributed by atoms with E-state index in [2.05, 4.69) is 4.98 Å². The number of hydrogen-bond acceptors (Lipinski definition) is 3. The summed E-state index contributed by atoms with van der Waals surface area (Å²) in [6, 6.07) is 13.2. The first-order chi connectivity index (χ1) is 10.7.